The molecule has 0 atom stereocenters. The highest BCUT2D eigenvalue weighted by atomic mass is 32.2. The fraction of sp³-hybridized carbons (Fsp3) is 0.235. The van der Waals surface area contributed by atoms with Crippen LogP contribution in [0.15, 0.2) is 48.5 Å². The number of methoxy groups -OCH3 is 1. The van der Waals surface area contributed by atoms with Crippen LogP contribution in [0, 0.1) is 0 Å². The Bertz CT molecular complexity index is 649. The minimum absolute atomic E-state index is 0.372. The van der Waals surface area contributed by atoms with Crippen LogP contribution in [0.2, 0.25) is 0 Å². The zero-order valence-corrected chi connectivity index (χ0v) is 13.8. The van der Waals surface area contributed by atoms with Crippen molar-refractivity contribution in [3.05, 3.63) is 59.7 Å². The molecule has 2 aromatic rings. The molecule has 0 N–H and O–H groups in total. The predicted molar refractivity (Wildman–Crippen MR) is 92.1 cm³/mol. The van der Waals surface area contributed by atoms with Gasteiger partial charge in [-0.05, 0) is 29.8 Å². The summed E-state index contributed by atoms with van der Waals surface area (Å²) in [6, 6.07) is 14.8. The summed E-state index contributed by atoms with van der Waals surface area (Å²) in [6.07, 6.45) is 0. The molecule has 5 heteroatoms. The van der Waals surface area contributed by atoms with Crippen molar-refractivity contribution in [3.8, 4) is 11.5 Å². The molecular formula is C17H16O3S2. The zero-order chi connectivity index (χ0) is 15.4. The number of carbonyl (C=O) groups is 1. The van der Waals surface area contributed by atoms with Gasteiger partial charge in [0.2, 0.25) is 0 Å². The van der Waals surface area contributed by atoms with Crippen LogP contribution in [0.1, 0.15) is 20.5 Å². The van der Waals surface area contributed by atoms with Crippen molar-refractivity contribution in [1.29, 1.82) is 0 Å². The smallest absolute Gasteiger partial charge is 0.343 e. The highest BCUT2D eigenvalue weighted by Crippen LogP contribution is 2.45. The molecule has 3 rings (SSSR count). The SMILES string of the molecule is COc1ccccc1OC(=O)c1ccc(C2SCCS2)cc1. The van der Waals surface area contributed by atoms with Crippen molar-refractivity contribution in [3.63, 3.8) is 0 Å². The van der Waals surface area contributed by atoms with Gasteiger partial charge in [0.15, 0.2) is 11.5 Å². The summed E-state index contributed by atoms with van der Waals surface area (Å²) in [6.45, 7) is 0. The molecule has 0 unspecified atom stereocenters. The van der Waals surface area contributed by atoms with Crippen molar-refractivity contribution in [2.24, 2.45) is 0 Å². The summed E-state index contributed by atoms with van der Waals surface area (Å²) in [4.78, 5) is 12.2. The number of thioether (sulfide) groups is 2. The van der Waals surface area contributed by atoms with Crippen LogP contribution >= 0.6 is 23.5 Å². The maximum absolute atomic E-state index is 12.2. The maximum Gasteiger partial charge on any atom is 0.343 e. The number of benzene rings is 2. The number of para-hydroxylation sites is 2. The van der Waals surface area contributed by atoms with E-state index >= 15 is 0 Å². The van der Waals surface area contributed by atoms with Crippen LogP contribution < -0.4 is 9.47 Å². The van der Waals surface area contributed by atoms with E-state index in [1.807, 2.05) is 59.9 Å². The molecule has 1 saturated heterocycles. The highest BCUT2D eigenvalue weighted by Gasteiger charge is 2.19. The lowest BCUT2D eigenvalue weighted by molar-refractivity contribution is 0.0729. The van der Waals surface area contributed by atoms with E-state index in [0.717, 1.165) is 0 Å². The van der Waals surface area contributed by atoms with Crippen molar-refractivity contribution in [2.75, 3.05) is 18.6 Å². The monoisotopic (exact) mass is 332 g/mol. The van der Waals surface area contributed by atoms with E-state index in [9.17, 15) is 4.79 Å². The Hall–Kier alpha value is -1.59. The molecule has 0 saturated carbocycles. The third-order valence-electron chi connectivity index (χ3n) is 3.31. The molecule has 0 aliphatic carbocycles. The zero-order valence-electron chi connectivity index (χ0n) is 12.2. The first-order valence-electron chi connectivity index (χ1n) is 6.96. The molecule has 3 nitrogen and oxygen atoms in total. The topological polar surface area (TPSA) is 35.5 Å². The van der Waals surface area contributed by atoms with Gasteiger partial charge in [0.05, 0.1) is 17.3 Å². The summed E-state index contributed by atoms with van der Waals surface area (Å²) >= 11 is 3.90. The fourth-order valence-corrected chi connectivity index (χ4v) is 5.05. The minimum Gasteiger partial charge on any atom is -0.493 e. The Kier molecular flexibility index (Phi) is 4.95. The molecule has 1 heterocycles. The number of ether oxygens (including phenoxy) is 2. The van der Waals surface area contributed by atoms with E-state index in [4.69, 9.17) is 9.47 Å². The lowest BCUT2D eigenvalue weighted by Crippen LogP contribution is -2.09. The van der Waals surface area contributed by atoms with E-state index < -0.39 is 0 Å². The van der Waals surface area contributed by atoms with Gasteiger partial charge in [-0.15, -0.1) is 23.5 Å². The quantitative estimate of drug-likeness (QED) is 0.613. The van der Waals surface area contributed by atoms with Gasteiger partial charge >= 0.3 is 5.97 Å². The van der Waals surface area contributed by atoms with Crippen LogP contribution in [-0.4, -0.2) is 24.6 Å². The van der Waals surface area contributed by atoms with Gasteiger partial charge in [-0.3, -0.25) is 0 Å². The van der Waals surface area contributed by atoms with E-state index in [1.54, 1.807) is 19.2 Å². The van der Waals surface area contributed by atoms with Gasteiger partial charge in [0.1, 0.15) is 0 Å². The molecule has 1 aliphatic rings. The lowest BCUT2D eigenvalue weighted by Gasteiger charge is -2.10. The van der Waals surface area contributed by atoms with E-state index in [0.29, 0.717) is 21.6 Å². The van der Waals surface area contributed by atoms with E-state index in [2.05, 4.69) is 0 Å². The van der Waals surface area contributed by atoms with Crippen LogP contribution in [0.3, 0.4) is 0 Å². The van der Waals surface area contributed by atoms with Gasteiger partial charge in [0, 0.05) is 11.5 Å². The Labute approximate surface area is 138 Å². The maximum atomic E-state index is 12.2. The number of hydrogen-bond acceptors (Lipinski definition) is 5. The van der Waals surface area contributed by atoms with Crippen LogP contribution in [0.4, 0.5) is 0 Å². The van der Waals surface area contributed by atoms with Gasteiger partial charge in [-0.1, -0.05) is 24.3 Å². The largest absolute Gasteiger partial charge is 0.493 e. The predicted octanol–water partition coefficient (Wildman–Crippen LogP) is 4.39. The Morgan fingerprint density at radius 1 is 1.00 bits per heavy atom. The highest BCUT2D eigenvalue weighted by molar-refractivity contribution is 8.19. The Morgan fingerprint density at radius 3 is 2.27 bits per heavy atom. The van der Waals surface area contributed by atoms with Gasteiger partial charge < -0.3 is 9.47 Å². The number of hydrogen-bond donors (Lipinski definition) is 0. The molecule has 1 aliphatic heterocycles. The van der Waals surface area contributed by atoms with Crippen molar-refractivity contribution < 1.29 is 14.3 Å². The molecule has 1 fully saturated rings. The first kappa shape index (κ1) is 15.3. The Morgan fingerprint density at radius 2 is 1.64 bits per heavy atom. The van der Waals surface area contributed by atoms with E-state index in [1.165, 1.54) is 17.1 Å². The molecule has 114 valence electrons. The number of carbonyl (C=O) groups excluding carboxylic acids is 1. The second-order valence-electron chi connectivity index (χ2n) is 4.74. The van der Waals surface area contributed by atoms with Crippen LogP contribution in [0.5, 0.6) is 11.5 Å². The third kappa shape index (κ3) is 3.42. The number of esters is 1. The molecule has 0 radical (unpaired) electrons. The summed E-state index contributed by atoms with van der Waals surface area (Å²) in [5, 5.41) is 0. The van der Waals surface area contributed by atoms with Crippen molar-refractivity contribution in [2.45, 2.75) is 4.58 Å². The Balaban J connectivity index is 1.72. The average Bonchev–Trinajstić information content (AvgIpc) is 3.10. The van der Waals surface area contributed by atoms with Gasteiger partial charge in [-0.2, -0.15) is 0 Å². The second kappa shape index (κ2) is 7.11. The number of rotatable bonds is 4. The lowest BCUT2D eigenvalue weighted by atomic mass is 10.1. The molecule has 2 aromatic carbocycles. The van der Waals surface area contributed by atoms with E-state index in [-0.39, 0.29) is 5.97 Å². The van der Waals surface area contributed by atoms with Crippen molar-refractivity contribution >= 4 is 29.5 Å². The second-order valence-corrected chi connectivity index (χ2v) is 7.46. The average molecular weight is 332 g/mol. The third-order valence-corrected chi connectivity index (χ3v) is 6.42. The molecule has 22 heavy (non-hydrogen) atoms. The fourth-order valence-electron chi connectivity index (χ4n) is 2.19. The molecule has 0 aromatic heterocycles. The molecule has 0 spiro atoms. The van der Waals surface area contributed by atoms with Gasteiger partial charge in [-0.25, -0.2) is 4.79 Å². The molecule has 0 bridgehead atoms. The van der Waals surface area contributed by atoms with Crippen LogP contribution in [-0.2, 0) is 0 Å². The normalized spacial score (nSPS) is 14.8. The molecular weight excluding hydrogens is 316 g/mol. The summed E-state index contributed by atoms with van der Waals surface area (Å²) in [7, 11) is 1.55. The van der Waals surface area contributed by atoms with Crippen molar-refractivity contribution in [1.82, 2.24) is 0 Å². The summed E-state index contributed by atoms with van der Waals surface area (Å²) in [5.74, 6) is 2.98. The molecule has 0 amide bonds. The first-order valence-corrected chi connectivity index (χ1v) is 9.06. The summed E-state index contributed by atoms with van der Waals surface area (Å²) in [5.41, 5.74) is 1.80. The minimum atomic E-state index is -0.372. The standard InChI is InChI=1S/C17H16O3S2/c1-19-14-4-2-3-5-15(14)20-16(18)12-6-8-13(9-7-12)17-21-10-11-22-17/h2-9,17H,10-11H2,1H3. The van der Waals surface area contributed by atoms with Gasteiger partial charge in [0.25, 0.3) is 0 Å². The first-order chi connectivity index (χ1) is 10.8. The summed E-state index contributed by atoms with van der Waals surface area (Å²) < 4.78 is 11.1. The van der Waals surface area contributed by atoms with Crippen LogP contribution in [0.25, 0.3) is 0 Å².